The number of hydrogen-bond acceptors (Lipinski definition) is 5. The van der Waals surface area contributed by atoms with Crippen LogP contribution in [0.25, 0.3) is 0 Å². The molecule has 2 aromatic carbocycles. The fourth-order valence-electron chi connectivity index (χ4n) is 5.03. The maximum atomic E-state index is 13.8. The Morgan fingerprint density at radius 1 is 0.947 bits per heavy atom. The van der Waals surface area contributed by atoms with E-state index in [9.17, 15) is 19.2 Å². The molecule has 0 spiro atoms. The Hall–Kier alpha value is -3.88. The summed E-state index contributed by atoms with van der Waals surface area (Å²) in [5.41, 5.74) is 0.973. The van der Waals surface area contributed by atoms with Gasteiger partial charge in [0.1, 0.15) is 17.7 Å². The molecule has 0 aromatic heterocycles. The van der Waals surface area contributed by atoms with Gasteiger partial charge in [-0.05, 0) is 45.7 Å². The second-order valence-electron chi connectivity index (χ2n) is 11.0. The van der Waals surface area contributed by atoms with Crippen molar-refractivity contribution in [3.8, 4) is 0 Å². The molecule has 0 bridgehead atoms. The molecule has 5 atom stereocenters. The summed E-state index contributed by atoms with van der Waals surface area (Å²) in [6, 6.07) is 15.5. The van der Waals surface area contributed by atoms with Crippen molar-refractivity contribution in [1.29, 1.82) is 0 Å². The second kappa shape index (κ2) is 10.5. The molecule has 2 heterocycles. The lowest BCUT2D eigenvalue weighted by molar-refractivity contribution is -0.135. The first-order chi connectivity index (χ1) is 17.9. The van der Waals surface area contributed by atoms with E-state index < -0.39 is 53.7 Å². The summed E-state index contributed by atoms with van der Waals surface area (Å²) in [7, 11) is 1.68. The van der Waals surface area contributed by atoms with Crippen LogP contribution < -0.4 is 5.32 Å². The molecule has 0 radical (unpaired) electrons. The zero-order valence-electron chi connectivity index (χ0n) is 22.8. The molecule has 2 saturated heterocycles. The van der Waals surface area contributed by atoms with Crippen LogP contribution >= 0.6 is 0 Å². The van der Waals surface area contributed by atoms with Crippen LogP contribution in [0, 0.1) is 0 Å². The number of carbonyl (C=O) groups excluding carboxylic acids is 4. The van der Waals surface area contributed by atoms with Crippen LogP contribution in [0.2, 0.25) is 0 Å². The SMILES string of the molecule is C[C@H]1[C@@H](c2ccccc2)N(C(=O)[C@H]2[C@H](C)N2C(=O)[C@H](Cc2ccccc2)NC(=O)OC(C)(C)C)C(=O)N1C. The van der Waals surface area contributed by atoms with E-state index in [1.54, 1.807) is 39.6 Å². The number of carbonyl (C=O) groups is 4. The fraction of sp³-hybridized carbons (Fsp3) is 0.448. The van der Waals surface area contributed by atoms with Crippen molar-refractivity contribution in [3.63, 3.8) is 0 Å². The number of rotatable bonds is 6. The number of imide groups is 1. The molecule has 2 aliphatic rings. The second-order valence-corrected chi connectivity index (χ2v) is 11.0. The van der Waals surface area contributed by atoms with Gasteiger partial charge in [0, 0.05) is 13.5 Å². The van der Waals surface area contributed by atoms with Gasteiger partial charge < -0.3 is 19.9 Å². The lowest BCUT2D eigenvalue weighted by atomic mass is 10.00. The van der Waals surface area contributed by atoms with Crippen LogP contribution in [0.15, 0.2) is 60.7 Å². The lowest BCUT2D eigenvalue weighted by Crippen LogP contribution is -2.48. The number of nitrogens with one attached hydrogen (secondary N) is 1. The first-order valence-corrected chi connectivity index (χ1v) is 12.9. The Balaban J connectivity index is 1.56. The largest absolute Gasteiger partial charge is 0.444 e. The molecule has 4 rings (SSSR count). The Morgan fingerprint density at radius 3 is 2.11 bits per heavy atom. The van der Waals surface area contributed by atoms with Gasteiger partial charge in [0.05, 0.1) is 18.1 Å². The lowest BCUT2D eigenvalue weighted by Gasteiger charge is -2.25. The predicted molar refractivity (Wildman–Crippen MR) is 142 cm³/mol. The molecule has 5 amide bonds. The van der Waals surface area contributed by atoms with E-state index in [0.717, 1.165) is 11.1 Å². The first-order valence-electron chi connectivity index (χ1n) is 12.9. The van der Waals surface area contributed by atoms with E-state index >= 15 is 0 Å². The predicted octanol–water partition coefficient (Wildman–Crippen LogP) is 3.75. The Kier molecular flexibility index (Phi) is 7.49. The summed E-state index contributed by atoms with van der Waals surface area (Å²) in [5.74, 6) is -0.813. The minimum absolute atomic E-state index is 0.230. The molecule has 0 unspecified atom stereocenters. The van der Waals surface area contributed by atoms with Gasteiger partial charge in [-0.2, -0.15) is 0 Å². The summed E-state index contributed by atoms with van der Waals surface area (Å²) in [6.07, 6.45) is -0.476. The highest BCUT2D eigenvalue weighted by Crippen LogP contribution is 2.39. The van der Waals surface area contributed by atoms with Gasteiger partial charge in [0.2, 0.25) is 5.91 Å². The highest BCUT2D eigenvalue weighted by Gasteiger charge is 2.59. The molecule has 2 aliphatic heterocycles. The van der Waals surface area contributed by atoms with E-state index in [4.69, 9.17) is 4.74 Å². The Morgan fingerprint density at radius 2 is 1.53 bits per heavy atom. The number of likely N-dealkylation sites (N-methyl/N-ethyl adjacent to an activating group) is 1. The average Bonchev–Trinajstić information content (AvgIpc) is 3.49. The zero-order chi connectivity index (χ0) is 27.8. The van der Waals surface area contributed by atoms with Gasteiger partial charge in [0.15, 0.2) is 0 Å². The van der Waals surface area contributed by atoms with Crippen molar-refractivity contribution < 1.29 is 23.9 Å². The summed E-state index contributed by atoms with van der Waals surface area (Å²) in [6.45, 7) is 8.92. The summed E-state index contributed by atoms with van der Waals surface area (Å²) >= 11 is 0. The molecule has 9 nitrogen and oxygen atoms in total. The number of amides is 5. The molecule has 1 N–H and O–H groups in total. The van der Waals surface area contributed by atoms with Crippen LogP contribution in [0.3, 0.4) is 0 Å². The number of ether oxygens (including phenoxy) is 1. The number of hydrogen-bond donors (Lipinski definition) is 1. The smallest absolute Gasteiger partial charge is 0.408 e. The Bertz CT molecular complexity index is 1200. The number of benzene rings is 2. The fourth-order valence-corrected chi connectivity index (χ4v) is 5.03. The van der Waals surface area contributed by atoms with Crippen LogP contribution in [0.4, 0.5) is 9.59 Å². The third-order valence-electron chi connectivity index (χ3n) is 7.12. The van der Waals surface area contributed by atoms with E-state index in [2.05, 4.69) is 5.32 Å². The van der Waals surface area contributed by atoms with E-state index in [1.165, 1.54) is 9.80 Å². The molecule has 38 heavy (non-hydrogen) atoms. The minimum atomic E-state index is -0.937. The molecule has 2 fully saturated rings. The number of nitrogens with zero attached hydrogens (tertiary/aromatic N) is 3. The first kappa shape index (κ1) is 27.2. The monoisotopic (exact) mass is 520 g/mol. The van der Waals surface area contributed by atoms with Crippen molar-refractivity contribution >= 4 is 23.9 Å². The van der Waals surface area contributed by atoms with Crippen LogP contribution in [-0.4, -0.2) is 75.5 Å². The van der Waals surface area contributed by atoms with Crippen molar-refractivity contribution in [1.82, 2.24) is 20.0 Å². The maximum absolute atomic E-state index is 13.8. The normalized spacial score (nSPS) is 23.7. The van der Waals surface area contributed by atoms with Gasteiger partial charge in [-0.1, -0.05) is 60.7 Å². The molecule has 0 saturated carbocycles. The molecule has 9 heteroatoms. The highest BCUT2D eigenvalue weighted by atomic mass is 16.6. The number of alkyl carbamates (subject to hydrolysis) is 1. The molecule has 202 valence electrons. The van der Waals surface area contributed by atoms with Gasteiger partial charge in [-0.15, -0.1) is 0 Å². The maximum Gasteiger partial charge on any atom is 0.408 e. The number of urea groups is 1. The van der Waals surface area contributed by atoms with Gasteiger partial charge in [0.25, 0.3) is 5.91 Å². The van der Waals surface area contributed by atoms with Gasteiger partial charge in [-0.3, -0.25) is 14.5 Å². The van der Waals surface area contributed by atoms with Crippen LogP contribution in [-0.2, 0) is 20.7 Å². The van der Waals surface area contributed by atoms with Gasteiger partial charge in [-0.25, -0.2) is 9.59 Å². The van der Waals surface area contributed by atoms with Gasteiger partial charge >= 0.3 is 12.1 Å². The highest BCUT2D eigenvalue weighted by molar-refractivity contribution is 6.04. The standard InChI is InChI=1S/C29H36N4O5/c1-18-23(21-15-11-8-12-16-21)33(28(37)31(18)6)26(35)24-19(2)32(24)25(34)22(17-20-13-9-7-10-14-20)30-27(36)38-29(3,4)5/h7-16,18-19,22-24H,17H2,1-6H3,(H,30,36)/t18-,19-,22-,23-,24+,32?/m0/s1. The zero-order valence-corrected chi connectivity index (χ0v) is 22.8. The third-order valence-corrected chi connectivity index (χ3v) is 7.12. The molecule has 2 aromatic rings. The third kappa shape index (κ3) is 5.51. The summed E-state index contributed by atoms with van der Waals surface area (Å²) in [4.78, 5) is 57.5. The molecular weight excluding hydrogens is 484 g/mol. The quantitative estimate of drug-likeness (QED) is 0.585. The van der Waals surface area contributed by atoms with Crippen LogP contribution in [0.1, 0.15) is 51.8 Å². The van der Waals surface area contributed by atoms with Crippen molar-refractivity contribution in [3.05, 3.63) is 71.8 Å². The molecule has 0 aliphatic carbocycles. The minimum Gasteiger partial charge on any atom is -0.444 e. The Labute approximate surface area is 223 Å². The van der Waals surface area contributed by atoms with Crippen molar-refractivity contribution in [2.24, 2.45) is 0 Å². The topological polar surface area (TPSA) is 99.0 Å². The van der Waals surface area contributed by atoms with E-state index in [0.29, 0.717) is 0 Å². The summed E-state index contributed by atoms with van der Waals surface area (Å²) in [5, 5.41) is 2.70. The molecular formula is C29H36N4O5. The van der Waals surface area contributed by atoms with E-state index in [1.807, 2.05) is 67.6 Å². The van der Waals surface area contributed by atoms with Crippen LogP contribution in [0.5, 0.6) is 0 Å². The van der Waals surface area contributed by atoms with Crippen molar-refractivity contribution in [2.75, 3.05) is 7.05 Å². The summed E-state index contributed by atoms with van der Waals surface area (Å²) < 4.78 is 5.39. The van der Waals surface area contributed by atoms with E-state index in [-0.39, 0.29) is 12.5 Å². The average molecular weight is 521 g/mol. The van der Waals surface area contributed by atoms with Crippen molar-refractivity contribution in [2.45, 2.75) is 76.8 Å².